The van der Waals surface area contributed by atoms with E-state index in [9.17, 15) is 0 Å². The molecule has 13 heavy (non-hydrogen) atoms. The predicted molar refractivity (Wildman–Crippen MR) is 61.3 cm³/mol. The second kappa shape index (κ2) is 11.9. The first kappa shape index (κ1) is 15.4. The zero-order valence-corrected chi connectivity index (χ0v) is 8.69. The van der Waals surface area contributed by atoms with E-state index in [1.165, 1.54) is 25.9 Å². The Morgan fingerprint density at radius 3 is 1.62 bits per heavy atom. The first-order valence-electron chi connectivity index (χ1n) is 4.79. The van der Waals surface area contributed by atoms with Crippen LogP contribution in [-0.4, -0.2) is 52.2 Å². The molecule has 0 aromatic heterocycles. The van der Waals surface area contributed by atoms with Crippen LogP contribution in [0.2, 0.25) is 0 Å². The maximum Gasteiger partial charge on any atom is -0.000968 e. The van der Waals surface area contributed by atoms with Crippen molar-refractivity contribution in [3.8, 4) is 0 Å². The zero-order valence-electron chi connectivity index (χ0n) is 8.69. The second-order valence-corrected chi connectivity index (χ2v) is 3.22. The fourth-order valence-electron chi connectivity index (χ4n) is 1.16. The molecular formula is C10H27N3. The molecule has 0 heterocycles. The van der Waals surface area contributed by atoms with E-state index in [4.69, 9.17) is 0 Å². The monoisotopic (exact) mass is 189 g/mol. The number of nitrogens with zero attached hydrogens (tertiary/aromatic N) is 1. The van der Waals surface area contributed by atoms with Crippen LogP contribution in [-0.2, 0) is 0 Å². The number of rotatable bonds is 8. The lowest BCUT2D eigenvalue weighted by Crippen LogP contribution is -2.25. The molecule has 0 aromatic rings. The van der Waals surface area contributed by atoms with Gasteiger partial charge in [0.2, 0.25) is 0 Å². The van der Waals surface area contributed by atoms with Crippen molar-refractivity contribution < 1.29 is 0 Å². The lowest BCUT2D eigenvalue weighted by atomic mass is 10.3. The Hall–Kier alpha value is -0.120. The third-order valence-electron chi connectivity index (χ3n) is 1.93. The minimum Gasteiger partial charge on any atom is -0.320 e. The Morgan fingerprint density at radius 2 is 1.31 bits per heavy atom. The molecule has 2 N–H and O–H groups in total. The summed E-state index contributed by atoms with van der Waals surface area (Å²) in [6.45, 7) is 4.64. The molecule has 0 radical (unpaired) electrons. The van der Waals surface area contributed by atoms with Crippen LogP contribution in [0, 0.1) is 0 Å². The maximum absolute atomic E-state index is 3.15. The quantitative estimate of drug-likeness (QED) is 0.552. The van der Waals surface area contributed by atoms with E-state index < -0.39 is 0 Å². The summed E-state index contributed by atoms with van der Waals surface area (Å²) in [5.41, 5.74) is 0. The van der Waals surface area contributed by atoms with Gasteiger partial charge in [-0.1, -0.05) is 7.43 Å². The van der Waals surface area contributed by atoms with Crippen molar-refractivity contribution in [3.05, 3.63) is 0 Å². The van der Waals surface area contributed by atoms with Crippen molar-refractivity contribution in [1.29, 1.82) is 0 Å². The Labute approximate surface area is 83.9 Å². The Morgan fingerprint density at radius 1 is 0.923 bits per heavy atom. The summed E-state index contributed by atoms with van der Waals surface area (Å²) in [5.74, 6) is 0. The van der Waals surface area contributed by atoms with Crippen LogP contribution in [0.5, 0.6) is 0 Å². The molecule has 0 aliphatic heterocycles. The van der Waals surface area contributed by atoms with E-state index in [1.54, 1.807) is 0 Å². The average Bonchev–Trinajstić information content (AvgIpc) is 2.06. The van der Waals surface area contributed by atoms with Gasteiger partial charge in [-0.05, 0) is 60.2 Å². The summed E-state index contributed by atoms with van der Waals surface area (Å²) >= 11 is 0. The van der Waals surface area contributed by atoms with Gasteiger partial charge in [0.05, 0.1) is 0 Å². The molecule has 82 valence electrons. The van der Waals surface area contributed by atoms with Crippen molar-refractivity contribution in [2.75, 3.05) is 47.3 Å². The third-order valence-corrected chi connectivity index (χ3v) is 1.93. The molecule has 0 spiro atoms. The zero-order chi connectivity index (χ0) is 9.23. The molecule has 0 rings (SSSR count). The van der Waals surface area contributed by atoms with Gasteiger partial charge in [0.1, 0.15) is 0 Å². The van der Waals surface area contributed by atoms with E-state index in [2.05, 4.69) is 22.6 Å². The van der Waals surface area contributed by atoms with Gasteiger partial charge >= 0.3 is 0 Å². The van der Waals surface area contributed by atoms with E-state index >= 15 is 0 Å². The molecule has 0 aliphatic carbocycles. The molecule has 0 amide bonds. The van der Waals surface area contributed by atoms with E-state index in [0.717, 1.165) is 13.1 Å². The number of hydrogen-bond acceptors (Lipinski definition) is 3. The summed E-state index contributed by atoms with van der Waals surface area (Å²) in [6, 6.07) is 0. The summed E-state index contributed by atoms with van der Waals surface area (Å²) < 4.78 is 0. The van der Waals surface area contributed by atoms with Crippen LogP contribution in [0.1, 0.15) is 20.3 Å². The largest absolute Gasteiger partial charge is 0.320 e. The van der Waals surface area contributed by atoms with E-state index in [0.29, 0.717) is 0 Å². The van der Waals surface area contributed by atoms with Crippen LogP contribution >= 0.6 is 0 Å². The molecule has 3 nitrogen and oxygen atoms in total. The smallest absolute Gasteiger partial charge is 0.000968 e. The van der Waals surface area contributed by atoms with Gasteiger partial charge in [-0.15, -0.1) is 0 Å². The molecule has 3 heteroatoms. The van der Waals surface area contributed by atoms with Crippen molar-refractivity contribution in [2.24, 2.45) is 0 Å². The normalized spacial score (nSPS) is 10.2. The molecular weight excluding hydrogens is 162 g/mol. The fourth-order valence-corrected chi connectivity index (χ4v) is 1.16. The van der Waals surface area contributed by atoms with E-state index in [-0.39, 0.29) is 7.43 Å². The van der Waals surface area contributed by atoms with Gasteiger partial charge in [-0.2, -0.15) is 0 Å². The second-order valence-electron chi connectivity index (χ2n) is 3.22. The summed E-state index contributed by atoms with van der Waals surface area (Å²) in [6.07, 6.45) is 2.49. The molecule has 0 bridgehead atoms. The fraction of sp³-hybridized carbons (Fsp3) is 1.00. The summed E-state index contributed by atoms with van der Waals surface area (Å²) in [5, 5.41) is 6.30. The molecule has 0 saturated carbocycles. The van der Waals surface area contributed by atoms with Crippen molar-refractivity contribution in [2.45, 2.75) is 20.3 Å². The highest BCUT2D eigenvalue weighted by Gasteiger charge is 1.95. The number of hydrogen-bond donors (Lipinski definition) is 2. The third kappa shape index (κ3) is 11.9. The van der Waals surface area contributed by atoms with Crippen molar-refractivity contribution >= 4 is 0 Å². The first-order valence-corrected chi connectivity index (χ1v) is 4.79. The summed E-state index contributed by atoms with van der Waals surface area (Å²) in [7, 11) is 6.19. The van der Waals surface area contributed by atoms with Crippen LogP contribution in [0.4, 0.5) is 0 Å². The Bertz CT molecular complexity index is 76.2. The van der Waals surface area contributed by atoms with Crippen molar-refractivity contribution in [1.82, 2.24) is 15.5 Å². The Kier molecular flexibility index (Phi) is 14.0. The summed E-state index contributed by atoms with van der Waals surface area (Å²) in [4.78, 5) is 2.38. The maximum atomic E-state index is 3.15. The highest BCUT2D eigenvalue weighted by molar-refractivity contribution is 4.53. The average molecular weight is 189 g/mol. The molecule has 0 fully saturated rings. The van der Waals surface area contributed by atoms with Crippen LogP contribution in [0.15, 0.2) is 0 Å². The molecule has 0 atom stereocenters. The predicted octanol–water partition coefficient (Wildman–Crippen LogP) is 0.773. The van der Waals surface area contributed by atoms with Crippen molar-refractivity contribution in [3.63, 3.8) is 0 Å². The lowest BCUT2D eigenvalue weighted by molar-refractivity contribution is 0.323. The molecule has 0 saturated heterocycles. The van der Waals surface area contributed by atoms with Gasteiger partial charge < -0.3 is 15.5 Å². The SMILES string of the molecule is C.CNCCCN(C)CCCNC. The van der Waals surface area contributed by atoms with Gasteiger partial charge in [0, 0.05) is 0 Å². The van der Waals surface area contributed by atoms with Gasteiger partial charge in [-0.3, -0.25) is 0 Å². The molecule has 0 aliphatic rings. The minimum absolute atomic E-state index is 0. The molecule has 0 unspecified atom stereocenters. The number of nitrogens with one attached hydrogen (secondary N) is 2. The molecule has 0 aromatic carbocycles. The lowest BCUT2D eigenvalue weighted by Gasteiger charge is -2.15. The first-order chi connectivity index (χ1) is 5.81. The van der Waals surface area contributed by atoms with Crippen LogP contribution < -0.4 is 10.6 Å². The minimum atomic E-state index is 0. The Balaban J connectivity index is 0. The topological polar surface area (TPSA) is 27.3 Å². The van der Waals surface area contributed by atoms with E-state index in [1.807, 2.05) is 14.1 Å². The standard InChI is InChI=1S/C9H23N3.CH4/c1-10-6-4-8-12(3)9-5-7-11-2;/h10-11H,4-9H2,1-3H3;1H4. The van der Waals surface area contributed by atoms with Crippen LogP contribution in [0.3, 0.4) is 0 Å². The highest BCUT2D eigenvalue weighted by atomic mass is 15.1. The van der Waals surface area contributed by atoms with Gasteiger partial charge in [-0.25, -0.2) is 0 Å². The van der Waals surface area contributed by atoms with Gasteiger partial charge in [0.25, 0.3) is 0 Å². The van der Waals surface area contributed by atoms with Crippen LogP contribution in [0.25, 0.3) is 0 Å². The van der Waals surface area contributed by atoms with Gasteiger partial charge in [0.15, 0.2) is 0 Å². The highest BCUT2D eigenvalue weighted by Crippen LogP contribution is 1.88.